The summed E-state index contributed by atoms with van der Waals surface area (Å²) in [6.07, 6.45) is 2.02. The molecule has 2 aromatic rings. The number of hydrogen-bond acceptors (Lipinski definition) is 6. The van der Waals surface area contributed by atoms with Gasteiger partial charge in [0.15, 0.2) is 17.6 Å². The molecule has 0 aliphatic heterocycles. The van der Waals surface area contributed by atoms with Crippen molar-refractivity contribution in [3.8, 4) is 11.5 Å². The van der Waals surface area contributed by atoms with Crippen LogP contribution in [0.25, 0.3) is 6.08 Å². The van der Waals surface area contributed by atoms with E-state index in [1.165, 1.54) is 13.0 Å². The van der Waals surface area contributed by atoms with Gasteiger partial charge in [-0.15, -0.1) is 0 Å². The molecule has 1 aromatic carbocycles. The molecule has 156 valence electrons. The van der Waals surface area contributed by atoms with Gasteiger partial charge in [0.05, 0.1) is 19.9 Å². The van der Waals surface area contributed by atoms with Crippen molar-refractivity contribution in [1.82, 2.24) is 15.1 Å². The number of aromatic nitrogens is 2. The minimum Gasteiger partial charge on any atom is -0.493 e. The van der Waals surface area contributed by atoms with E-state index in [0.717, 1.165) is 22.5 Å². The highest BCUT2D eigenvalue weighted by atomic mass is 16.5. The number of rotatable bonds is 8. The van der Waals surface area contributed by atoms with Gasteiger partial charge in [0.1, 0.15) is 0 Å². The van der Waals surface area contributed by atoms with Gasteiger partial charge in [0.25, 0.3) is 5.91 Å². The first kappa shape index (κ1) is 22.0. The average molecular weight is 401 g/mol. The number of ether oxygens (including phenoxy) is 3. The maximum absolute atomic E-state index is 12.2. The van der Waals surface area contributed by atoms with Crippen LogP contribution in [0.5, 0.6) is 11.5 Å². The Morgan fingerprint density at radius 2 is 1.90 bits per heavy atom. The first-order valence-electron chi connectivity index (χ1n) is 9.14. The van der Waals surface area contributed by atoms with E-state index in [0.29, 0.717) is 11.5 Å². The van der Waals surface area contributed by atoms with Crippen molar-refractivity contribution in [2.75, 3.05) is 14.2 Å². The maximum Gasteiger partial charge on any atom is 0.331 e. The molecule has 0 unspecified atom stereocenters. The van der Waals surface area contributed by atoms with Crippen LogP contribution in [0.4, 0.5) is 0 Å². The summed E-state index contributed by atoms with van der Waals surface area (Å²) in [6, 6.07) is 5.35. The number of nitrogens with one attached hydrogen (secondary N) is 1. The second-order valence-electron chi connectivity index (χ2n) is 6.53. The lowest BCUT2D eigenvalue weighted by Gasteiger charge is -2.13. The molecule has 0 spiro atoms. The maximum atomic E-state index is 12.2. The van der Waals surface area contributed by atoms with Crippen LogP contribution in [-0.4, -0.2) is 42.0 Å². The molecule has 1 heterocycles. The highest BCUT2D eigenvalue weighted by Crippen LogP contribution is 2.27. The number of benzene rings is 1. The number of esters is 1. The molecule has 1 atom stereocenters. The largest absolute Gasteiger partial charge is 0.493 e. The molecule has 0 radical (unpaired) electrons. The minimum atomic E-state index is -0.927. The summed E-state index contributed by atoms with van der Waals surface area (Å²) in [4.78, 5) is 24.3. The van der Waals surface area contributed by atoms with Crippen molar-refractivity contribution >= 4 is 18.0 Å². The van der Waals surface area contributed by atoms with E-state index >= 15 is 0 Å². The van der Waals surface area contributed by atoms with Gasteiger partial charge in [-0.1, -0.05) is 6.07 Å². The first-order valence-corrected chi connectivity index (χ1v) is 9.14. The van der Waals surface area contributed by atoms with Crippen molar-refractivity contribution in [1.29, 1.82) is 0 Å². The molecule has 0 saturated carbocycles. The van der Waals surface area contributed by atoms with Crippen LogP contribution in [-0.2, 0) is 27.9 Å². The van der Waals surface area contributed by atoms with Crippen molar-refractivity contribution in [2.24, 2.45) is 7.05 Å². The monoisotopic (exact) mass is 401 g/mol. The lowest BCUT2D eigenvalue weighted by molar-refractivity contribution is -0.150. The quantitative estimate of drug-likeness (QED) is 0.539. The number of nitrogens with zero attached hydrogens (tertiary/aromatic N) is 2. The molecule has 8 nitrogen and oxygen atoms in total. The zero-order chi connectivity index (χ0) is 21.6. The lowest BCUT2D eigenvalue weighted by atomic mass is 10.2. The number of methoxy groups -OCH3 is 2. The Hall–Kier alpha value is -3.29. The number of carbonyl (C=O) groups excluding carboxylic acids is 2. The Balaban J connectivity index is 1.90. The fourth-order valence-corrected chi connectivity index (χ4v) is 2.77. The number of amides is 1. The topological polar surface area (TPSA) is 91.7 Å². The van der Waals surface area contributed by atoms with Gasteiger partial charge in [-0.05, 0) is 44.5 Å². The molecule has 0 fully saturated rings. The second-order valence-corrected chi connectivity index (χ2v) is 6.53. The molecule has 0 aliphatic rings. The number of hydrogen-bond donors (Lipinski definition) is 1. The van der Waals surface area contributed by atoms with Crippen LogP contribution in [0.1, 0.15) is 29.4 Å². The van der Waals surface area contributed by atoms with Crippen molar-refractivity contribution in [3.63, 3.8) is 0 Å². The van der Waals surface area contributed by atoms with E-state index in [1.807, 2.05) is 27.0 Å². The third kappa shape index (κ3) is 5.60. The van der Waals surface area contributed by atoms with Gasteiger partial charge < -0.3 is 19.5 Å². The van der Waals surface area contributed by atoms with Gasteiger partial charge in [0, 0.05) is 30.9 Å². The van der Waals surface area contributed by atoms with Crippen LogP contribution < -0.4 is 14.8 Å². The van der Waals surface area contributed by atoms with Crippen molar-refractivity contribution in [2.45, 2.75) is 33.4 Å². The summed E-state index contributed by atoms with van der Waals surface area (Å²) >= 11 is 0. The summed E-state index contributed by atoms with van der Waals surface area (Å²) in [6.45, 7) is 5.57. The molecule has 1 amide bonds. The summed E-state index contributed by atoms with van der Waals surface area (Å²) in [5.41, 5.74) is 3.44. The standard InChI is InChI=1S/C21H27N3O5/c1-13-17(14(2)24(4)23-13)8-10-20(25)29-15(3)21(26)22-12-16-7-9-18(27-5)19(11-16)28-6/h7-11,15H,12H2,1-6H3,(H,22,26)/b10-8+/t15-/m0/s1. The van der Waals surface area contributed by atoms with Gasteiger partial charge in [-0.3, -0.25) is 9.48 Å². The Bertz CT molecular complexity index is 917. The number of carbonyl (C=O) groups is 2. The van der Waals surface area contributed by atoms with Crippen molar-refractivity contribution < 1.29 is 23.8 Å². The predicted molar refractivity (Wildman–Crippen MR) is 109 cm³/mol. The van der Waals surface area contributed by atoms with E-state index in [-0.39, 0.29) is 6.54 Å². The lowest BCUT2D eigenvalue weighted by Crippen LogP contribution is -2.35. The molecular weight excluding hydrogens is 374 g/mol. The Morgan fingerprint density at radius 1 is 1.21 bits per heavy atom. The average Bonchev–Trinajstić information content (AvgIpc) is 2.95. The molecule has 0 bridgehead atoms. The third-order valence-corrected chi connectivity index (χ3v) is 4.53. The molecule has 1 aromatic heterocycles. The molecular formula is C21H27N3O5. The Labute approximate surface area is 170 Å². The van der Waals surface area contributed by atoms with E-state index in [1.54, 1.807) is 37.1 Å². The third-order valence-electron chi connectivity index (χ3n) is 4.53. The smallest absolute Gasteiger partial charge is 0.331 e. The van der Waals surface area contributed by atoms with Crippen LogP contribution >= 0.6 is 0 Å². The molecule has 1 N–H and O–H groups in total. The van der Waals surface area contributed by atoms with Crippen LogP contribution in [0.2, 0.25) is 0 Å². The highest BCUT2D eigenvalue weighted by Gasteiger charge is 2.17. The first-order chi connectivity index (χ1) is 13.8. The van der Waals surface area contributed by atoms with Crippen LogP contribution in [0.3, 0.4) is 0 Å². The number of aryl methyl sites for hydroxylation is 2. The fourth-order valence-electron chi connectivity index (χ4n) is 2.77. The summed E-state index contributed by atoms with van der Waals surface area (Å²) < 4.78 is 17.4. The molecule has 2 rings (SSSR count). The van der Waals surface area contributed by atoms with E-state index < -0.39 is 18.0 Å². The van der Waals surface area contributed by atoms with Crippen LogP contribution in [0.15, 0.2) is 24.3 Å². The SMILES string of the molecule is COc1ccc(CNC(=O)[C@H](C)OC(=O)/C=C/c2c(C)nn(C)c2C)cc1OC. The van der Waals surface area contributed by atoms with E-state index in [2.05, 4.69) is 10.4 Å². The van der Waals surface area contributed by atoms with Crippen molar-refractivity contribution in [3.05, 3.63) is 46.8 Å². The molecule has 0 saturated heterocycles. The minimum absolute atomic E-state index is 0.269. The summed E-state index contributed by atoms with van der Waals surface area (Å²) in [5.74, 6) is 0.192. The normalized spacial score (nSPS) is 11.9. The molecule has 8 heteroatoms. The highest BCUT2D eigenvalue weighted by molar-refractivity contribution is 5.90. The molecule has 0 aliphatic carbocycles. The summed E-state index contributed by atoms with van der Waals surface area (Å²) in [5, 5.41) is 7.02. The predicted octanol–water partition coefficient (Wildman–Crippen LogP) is 2.32. The zero-order valence-corrected chi connectivity index (χ0v) is 17.6. The van der Waals surface area contributed by atoms with Gasteiger partial charge >= 0.3 is 5.97 Å². The fraction of sp³-hybridized carbons (Fsp3) is 0.381. The van der Waals surface area contributed by atoms with Gasteiger partial charge in [-0.2, -0.15) is 5.10 Å². The Kier molecular flexibility index (Phi) is 7.41. The van der Waals surface area contributed by atoms with Crippen LogP contribution in [0, 0.1) is 13.8 Å². The van der Waals surface area contributed by atoms with E-state index in [9.17, 15) is 9.59 Å². The van der Waals surface area contributed by atoms with Gasteiger partial charge in [0.2, 0.25) is 0 Å². The van der Waals surface area contributed by atoms with E-state index in [4.69, 9.17) is 14.2 Å². The molecule has 29 heavy (non-hydrogen) atoms. The Morgan fingerprint density at radius 3 is 2.48 bits per heavy atom. The summed E-state index contributed by atoms with van der Waals surface area (Å²) in [7, 11) is 4.94. The van der Waals surface area contributed by atoms with Gasteiger partial charge in [-0.25, -0.2) is 4.79 Å². The zero-order valence-electron chi connectivity index (χ0n) is 17.6. The second kappa shape index (κ2) is 9.77.